The molecule has 2 unspecified atom stereocenters. The molecule has 6 nitrogen and oxygen atoms in total. The van der Waals surface area contributed by atoms with Crippen molar-refractivity contribution in [3.05, 3.63) is 34.9 Å². The zero-order valence-corrected chi connectivity index (χ0v) is 15.0. The summed E-state index contributed by atoms with van der Waals surface area (Å²) < 4.78 is 22.6. The molecule has 0 radical (unpaired) electrons. The number of aliphatic hydroxyl groups excluding tert-OH is 1. The van der Waals surface area contributed by atoms with Crippen molar-refractivity contribution in [3.8, 4) is 34.1 Å². The van der Waals surface area contributed by atoms with E-state index in [0.717, 1.165) is 46.7 Å². The van der Waals surface area contributed by atoms with Gasteiger partial charge in [-0.15, -0.1) is 0 Å². The summed E-state index contributed by atoms with van der Waals surface area (Å²) in [5.74, 6) is 2.71. The van der Waals surface area contributed by atoms with Crippen molar-refractivity contribution in [2.75, 3.05) is 34.6 Å². The largest absolute Gasteiger partial charge is 0.493 e. The summed E-state index contributed by atoms with van der Waals surface area (Å²) in [6.45, 7) is 1.09. The number of methoxy groups -OCH3 is 2. The molecule has 2 aliphatic heterocycles. The van der Waals surface area contributed by atoms with Crippen molar-refractivity contribution in [2.24, 2.45) is 0 Å². The molecule has 0 spiro atoms. The highest BCUT2D eigenvalue weighted by Crippen LogP contribution is 2.59. The van der Waals surface area contributed by atoms with E-state index in [0.29, 0.717) is 11.5 Å². The first-order valence-corrected chi connectivity index (χ1v) is 8.74. The van der Waals surface area contributed by atoms with Gasteiger partial charge in [0.05, 0.1) is 20.3 Å². The third-order valence-corrected chi connectivity index (χ3v) is 5.74. The fraction of sp³-hybridized carbons (Fsp3) is 0.400. The maximum Gasteiger partial charge on any atom is 0.231 e. The summed E-state index contributed by atoms with van der Waals surface area (Å²) in [4.78, 5) is 2.19. The van der Waals surface area contributed by atoms with Crippen LogP contribution >= 0.6 is 0 Å². The molecule has 1 N–H and O–H groups in total. The molecule has 2 heterocycles. The minimum absolute atomic E-state index is 0.156. The van der Waals surface area contributed by atoms with Crippen molar-refractivity contribution < 1.29 is 24.1 Å². The summed E-state index contributed by atoms with van der Waals surface area (Å²) in [5, 5.41) is 11.3. The molecule has 26 heavy (non-hydrogen) atoms. The Kier molecular flexibility index (Phi) is 3.36. The van der Waals surface area contributed by atoms with Gasteiger partial charge in [-0.2, -0.15) is 0 Å². The number of likely N-dealkylation sites (N-methyl/N-ethyl adjacent to an activating group) is 1. The summed E-state index contributed by atoms with van der Waals surface area (Å²) in [6.07, 6.45) is 0.202. The van der Waals surface area contributed by atoms with Gasteiger partial charge in [0.1, 0.15) is 6.10 Å². The molecule has 0 saturated carbocycles. The molecule has 0 fully saturated rings. The number of aliphatic hydroxyl groups is 1. The van der Waals surface area contributed by atoms with Crippen LogP contribution in [0.25, 0.3) is 11.1 Å². The fourth-order valence-corrected chi connectivity index (χ4v) is 4.60. The number of benzene rings is 2. The number of rotatable bonds is 2. The van der Waals surface area contributed by atoms with Crippen LogP contribution in [0.3, 0.4) is 0 Å². The lowest BCUT2D eigenvalue weighted by atomic mass is 9.74. The number of fused-ring (bicyclic) bond motifs is 4. The Labute approximate surface area is 151 Å². The van der Waals surface area contributed by atoms with Crippen molar-refractivity contribution in [1.82, 2.24) is 4.90 Å². The Morgan fingerprint density at radius 2 is 2.00 bits per heavy atom. The first-order valence-electron chi connectivity index (χ1n) is 8.74. The van der Waals surface area contributed by atoms with Crippen LogP contribution in [-0.2, 0) is 6.42 Å². The number of ether oxygens (including phenoxy) is 4. The maximum atomic E-state index is 11.3. The van der Waals surface area contributed by atoms with E-state index in [1.165, 1.54) is 5.56 Å². The molecule has 1 aliphatic carbocycles. The lowest BCUT2D eigenvalue weighted by Gasteiger charge is -2.43. The van der Waals surface area contributed by atoms with Gasteiger partial charge in [-0.25, -0.2) is 0 Å². The van der Waals surface area contributed by atoms with Crippen LogP contribution < -0.4 is 18.9 Å². The predicted molar refractivity (Wildman–Crippen MR) is 95.1 cm³/mol. The number of hydrogen-bond acceptors (Lipinski definition) is 6. The van der Waals surface area contributed by atoms with E-state index in [9.17, 15) is 5.11 Å². The van der Waals surface area contributed by atoms with E-state index in [2.05, 4.69) is 11.0 Å². The van der Waals surface area contributed by atoms with E-state index < -0.39 is 6.10 Å². The zero-order chi connectivity index (χ0) is 18.0. The van der Waals surface area contributed by atoms with Crippen LogP contribution in [0.4, 0.5) is 0 Å². The Morgan fingerprint density at radius 1 is 1.15 bits per heavy atom. The summed E-state index contributed by atoms with van der Waals surface area (Å²) in [6, 6.07) is 5.76. The van der Waals surface area contributed by atoms with Crippen molar-refractivity contribution in [3.63, 3.8) is 0 Å². The fourth-order valence-electron chi connectivity index (χ4n) is 4.60. The maximum absolute atomic E-state index is 11.3. The second-order valence-electron chi connectivity index (χ2n) is 6.94. The highest BCUT2D eigenvalue weighted by Gasteiger charge is 2.44. The number of nitrogens with zero attached hydrogens (tertiary/aromatic N) is 1. The van der Waals surface area contributed by atoms with Crippen molar-refractivity contribution in [1.29, 1.82) is 0 Å². The quantitative estimate of drug-likeness (QED) is 0.894. The van der Waals surface area contributed by atoms with E-state index in [1.807, 2.05) is 19.2 Å². The van der Waals surface area contributed by atoms with Gasteiger partial charge in [-0.3, -0.25) is 4.90 Å². The topological polar surface area (TPSA) is 60.4 Å². The van der Waals surface area contributed by atoms with Gasteiger partial charge in [0, 0.05) is 17.7 Å². The highest BCUT2D eigenvalue weighted by molar-refractivity contribution is 5.86. The standard InChI is InChI=1S/C20H21NO5/c1-21-7-6-10-8-13-20(26-9-25-13)15-11-4-5-12(23-2)19(24-3)16(11)18(22)17(21)14(10)15/h4-5,8,17-18,22H,6-7,9H2,1-3H3. The first kappa shape index (κ1) is 15.8. The Morgan fingerprint density at radius 3 is 2.77 bits per heavy atom. The molecule has 2 aromatic carbocycles. The third-order valence-electron chi connectivity index (χ3n) is 5.74. The molecule has 0 bridgehead atoms. The summed E-state index contributed by atoms with van der Waals surface area (Å²) >= 11 is 0. The molecule has 2 aromatic rings. The second kappa shape index (κ2) is 5.53. The lowest BCUT2D eigenvalue weighted by molar-refractivity contribution is 0.0523. The normalized spacial score (nSPS) is 22.6. The summed E-state index contributed by atoms with van der Waals surface area (Å²) in [5.41, 5.74) is 5.02. The van der Waals surface area contributed by atoms with Crippen molar-refractivity contribution >= 4 is 0 Å². The average Bonchev–Trinajstić information content (AvgIpc) is 3.12. The van der Waals surface area contributed by atoms with Crippen LogP contribution in [0.15, 0.2) is 18.2 Å². The van der Waals surface area contributed by atoms with E-state index in [1.54, 1.807) is 14.2 Å². The monoisotopic (exact) mass is 355 g/mol. The third kappa shape index (κ3) is 1.88. The summed E-state index contributed by atoms with van der Waals surface area (Å²) in [7, 11) is 5.25. The molecule has 6 heteroatoms. The molecular weight excluding hydrogens is 334 g/mol. The molecule has 0 aromatic heterocycles. The minimum Gasteiger partial charge on any atom is -0.493 e. The Bertz CT molecular complexity index is 910. The van der Waals surface area contributed by atoms with Gasteiger partial charge in [0.25, 0.3) is 0 Å². The molecule has 136 valence electrons. The van der Waals surface area contributed by atoms with Gasteiger partial charge >= 0.3 is 0 Å². The Balaban J connectivity index is 1.89. The first-order chi connectivity index (χ1) is 12.7. The van der Waals surface area contributed by atoms with Crippen LogP contribution in [-0.4, -0.2) is 44.6 Å². The average molecular weight is 355 g/mol. The van der Waals surface area contributed by atoms with E-state index in [-0.39, 0.29) is 12.8 Å². The van der Waals surface area contributed by atoms with Gasteiger partial charge in [0.15, 0.2) is 23.0 Å². The van der Waals surface area contributed by atoms with Gasteiger partial charge in [0.2, 0.25) is 6.79 Å². The second-order valence-corrected chi connectivity index (χ2v) is 6.94. The van der Waals surface area contributed by atoms with Gasteiger partial charge in [-0.1, -0.05) is 0 Å². The van der Waals surface area contributed by atoms with E-state index in [4.69, 9.17) is 18.9 Å². The van der Waals surface area contributed by atoms with Crippen LogP contribution in [0.2, 0.25) is 0 Å². The van der Waals surface area contributed by atoms with E-state index >= 15 is 0 Å². The molecule has 3 aliphatic rings. The molecule has 0 saturated heterocycles. The van der Waals surface area contributed by atoms with Gasteiger partial charge in [-0.05, 0) is 48.4 Å². The lowest BCUT2D eigenvalue weighted by Crippen LogP contribution is -2.38. The molecule has 0 amide bonds. The van der Waals surface area contributed by atoms with Crippen LogP contribution in [0, 0.1) is 0 Å². The van der Waals surface area contributed by atoms with Gasteiger partial charge < -0.3 is 24.1 Å². The predicted octanol–water partition coefficient (Wildman–Crippen LogP) is 2.68. The van der Waals surface area contributed by atoms with Crippen molar-refractivity contribution in [2.45, 2.75) is 18.6 Å². The highest BCUT2D eigenvalue weighted by atomic mass is 16.7. The Hall–Kier alpha value is -2.44. The number of hydrogen-bond donors (Lipinski definition) is 1. The minimum atomic E-state index is -0.716. The zero-order valence-electron chi connectivity index (χ0n) is 15.0. The molecule has 2 atom stereocenters. The smallest absolute Gasteiger partial charge is 0.231 e. The van der Waals surface area contributed by atoms with Crippen LogP contribution in [0.1, 0.15) is 28.8 Å². The molecular formula is C20H21NO5. The van der Waals surface area contributed by atoms with Crippen LogP contribution in [0.5, 0.6) is 23.0 Å². The SMILES string of the molecule is COc1ccc2c(c1OC)C(O)C1c3c(cc4c(c3-2)OCO4)CCN1C. The molecule has 5 rings (SSSR count).